The number of allylic oxidation sites excluding steroid dienone is 2. The number of likely N-dealkylation sites (tertiary alicyclic amines) is 1. The first-order chi connectivity index (χ1) is 13.9. The quantitative estimate of drug-likeness (QED) is 0.747. The van der Waals surface area contributed by atoms with Crippen LogP contribution in [-0.2, 0) is 19.1 Å². The summed E-state index contributed by atoms with van der Waals surface area (Å²) >= 11 is 0. The molecular formula is C22H29N3O4. The Labute approximate surface area is 171 Å². The molecule has 0 spiro atoms. The van der Waals surface area contributed by atoms with E-state index in [0.717, 1.165) is 0 Å². The van der Waals surface area contributed by atoms with Crippen molar-refractivity contribution in [3.05, 3.63) is 36.1 Å². The Morgan fingerprint density at radius 1 is 1.28 bits per heavy atom. The summed E-state index contributed by atoms with van der Waals surface area (Å²) in [7, 11) is 1.90. The minimum absolute atomic E-state index is 0.0450. The molecule has 2 amide bonds. The second kappa shape index (κ2) is 7.78. The molecule has 5 atom stereocenters. The number of nitrogens with one attached hydrogen (secondary N) is 1. The number of rotatable bonds is 5. The van der Waals surface area contributed by atoms with E-state index in [9.17, 15) is 14.4 Å². The van der Waals surface area contributed by atoms with Crippen LogP contribution >= 0.6 is 0 Å². The summed E-state index contributed by atoms with van der Waals surface area (Å²) in [6, 6.07) is -1.02. The molecule has 3 aliphatic heterocycles. The summed E-state index contributed by atoms with van der Waals surface area (Å²) < 4.78 is 5.50. The number of Topliss-reactive ketones (excluding diaryl/α,β-unsaturated/α-hetero) is 1. The first kappa shape index (κ1) is 19.9. The molecule has 4 aliphatic rings. The molecule has 29 heavy (non-hydrogen) atoms. The van der Waals surface area contributed by atoms with Crippen LogP contribution in [0.1, 0.15) is 26.7 Å². The van der Waals surface area contributed by atoms with E-state index in [2.05, 4.69) is 17.5 Å². The number of likely N-dealkylation sites (N-methyl/N-ethyl adjacent to an activating group) is 1. The first-order valence-electron chi connectivity index (χ1n) is 10.4. The van der Waals surface area contributed by atoms with Crippen molar-refractivity contribution in [2.75, 3.05) is 20.2 Å². The molecule has 0 aromatic rings. The fraction of sp³-hybridized carbons (Fsp3) is 0.591. The third kappa shape index (κ3) is 3.64. The second-order valence-electron chi connectivity index (χ2n) is 8.74. The first-order valence-corrected chi connectivity index (χ1v) is 10.4. The number of fused-ring (bicyclic) bond motifs is 2. The van der Waals surface area contributed by atoms with Gasteiger partial charge in [0.2, 0.25) is 5.91 Å². The Morgan fingerprint density at radius 3 is 2.76 bits per heavy atom. The lowest BCUT2D eigenvalue weighted by atomic mass is 9.97. The van der Waals surface area contributed by atoms with Crippen LogP contribution in [-0.4, -0.2) is 71.8 Å². The number of carbonyl (C=O) groups is 3. The summed E-state index contributed by atoms with van der Waals surface area (Å²) in [5.41, 5.74) is 0.581. The van der Waals surface area contributed by atoms with E-state index in [1.54, 1.807) is 4.90 Å². The van der Waals surface area contributed by atoms with E-state index in [-0.39, 0.29) is 48.2 Å². The number of hydrogen-bond donors (Lipinski definition) is 1. The van der Waals surface area contributed by atoms with Gasteiger partial charge in [0, 0.05) is 19.5 Å². The zero-order valence-electron chi connectivity index (χ0n) is 17.2. The van der Waals surface area contributed by atoms with Crippen molar-refractivity contribution in [3.63, 3.8) is 0 Å². The number of nitrogens with zero attached hydrogens (tertiary/aromatic N) is 2. The molecule has 0 aromatic heterocycles. The summed E-state index contributed by atoms with van der Waals surface area (Å²) in [6.45, 7) is 4.61. The maximum absolute atomic E-state index is 13.3. The van der Waals surface area contributed by atoms with Gasteiger partial charge in [0.15, 0.2) is 5.78 Å². The van der Waals surface area contributed by atoms with Crippen molar-refractivity contribution in [1.29, 1.82) is 0 Å². The predicted octanol–water partition coefficient (Wildman–Crippen LogP) is 1.03. The Bertz CT molecular complexity index is 800. The molecule has 0 radical (unpaired) electrons. The van der Waals surface area contributed by atoms with Crippen molar-refractivity contribution in [2.24, 2.45) is 11.8 Å². The summed E-state index contributed by atoms with van der Waals surface area (Å²) in [5.74, 6) is -0.0832. The molecule has 2 unspecified atom stereocenters. The monoisotopic (exact) mass is 399 g/mol. The number of carbonyl (C=O) groups excluding carboxylic acids is 3. The number of ether oxygens (including phenoxy) is 1. The Kier molecular flexibility index (Phi) is 5.34. The number of ketones is 1. The van der Waals surface area contributed by atoms with Gasteiger partial charge in [0.1, 0.15) is 18.7 Å². The molecule has 0 aromatic carbocycles. The average Bonchev–Trinajstić information content (AvgIpc) is 3.36. The van der Waals surface area contributed by atoms with Gasteiger partial charge in [-0.05, 0) is 24.8 Å². The maximum Gasteiger partial charge on any atom is 0.267 e. The topological polar surface area (TPSA) is 79.0 Å². The largest absolute Gasteiger partial charge is 0.368 e. The third-order valence-electron chi connectivity index (χ3n) is 6.26. The molecule has 0 bridgehead atoms. The van der Waals surface area contributed by atoms with Gasteiger partial charge in [-0.2, -0.15) is 0 Å². The molecule has 7 nitrogen and oxygen atoms in total. The normalized spacial score (nSPS) is 31.2. The fourth-order valence-corrected chi connectivity index (χ4v) is 4.82. The Morgan fingerprint density at radius 2 is 2.03 bits per heavy atom. The van der Waals surface area contributed by atoms with Crippen LogP contribution in [0.5, 0.6) is 0 Å². The molecule has 156 valence electrons. The van der Waals surface area contributed by atoms with Gasteiger partial charge in [-0.15, -0.1) is 0 Å². The second-order valence-corrected chi connectivity index (χ2v) is 8.74. The molecule has 1 aliphatic carbocycles. The fourth-order valence-electron chi connectivity index (χ4n) is 4.82. The number of amides is 2. The highest BCUT2D eigenvalue weighted by molar-refractivity contribution is 5.99. The lowest BCUT2D eigenvalue weighted by molar-refractivity contribution is -0.140. The Balaban J connectivity index is 1.49. The van der Waals surface area contributed by atoms with Crippen LogP contribution in [0.4, 0.5) is 0 Å². The smallest absolute Gasteiger partial charge is 0.267 e. The van der Waals surface area contributed by atoms with Crippen LogP contribution in [0.3, 0.4) is 0 Å². The zero-order valence-corrected chi connectivity index (χ0v) is 17.2. The van der Waals surface area contributed by atoms with Crippen molar-refractivity contribution in [3.8, 4) is 0 Å². The third-order valence-corrected chi connectivity index (χ3v) is 6.26. The van der Waals surface area contributed by atoms with Gasteiger partial charge < -0.3 is 19.9 Å². The van der Waals surface area contributed by atoms with Gasteiger partial charge >= 0.3 is 0 Å². The lowest BCUT2D eigenvalue weighted by Crippen LogP contribution is -2.53. The highest BCUT2D eigenvalue weighted by atomic mass is 16.5. The SMILES string of the molecule is CC(C)C[C@H](NC(=O)C1=CC2C=CC=CC2N1C)C(=O)N1CC[C@H]2OCC(=O)[C@H]21. The molecule has 1 N–H and O–H groups in total. The molecule has 4 rings (SSSR count). The predicted molar refractivity (Wildman–Crippen MR) is 108 cm³/mol. The van der Waals surface area contributed by atoms with E-state index >= 15 is 0 Å². The van der Waals surface area contributed by atoms with Crippen LogP contribution in [0, 0.1) is 11.8 Å². The Hall–Kier alpha value is -2.41. The molecule has 2 saturated heterocycles. The van der Waals surface area contributed by atoms with E-state index in [4.69, 9.17) is 4.74 Å². The highest BCUT2D eigenvalue weighted by Gasteiger charge is 2.48. The van der Waals surface area contributed by atoms with E-state index < -0.39 is 12.1 Å². The molecule has 3 heterocycles. The molecular weight excluding hydrogens is 370 g/mol. The highest BCUT2D eigenvalue weighted by Crippen LogP contribution is 2.31. The van der Waals surface area contributed by atoms with E-state index in [1.807, 2.05) is 44.0 Å². The van der Waals surface area contributed by atoms with Gasteiger partial charge in [-0.3, -0.25) is 14.4 Å². The van der Waals surface area contributed by atoms with Crippen molar-refractivity contribution in [2.45, 2.75) is 50.9 Å². The van der Waals surface area contributed by atoms with Crippen LogP contribution in [0.15, 0.2) is 36.1 Å². The van der Waals surface area contributed by atoms with E-state index in [1.165, 1.54) is 0 Å². The zero-order chi connectivity index (χ0) is 20.7. The van der Waals surface area contributed by atoms with Crippen LogP contribution in [0.25, 0.3) is 0 Å². The maximum atomic E-state index is 13.3. The van der Waals surface area contributed by atoms with Crippen molar-refractivity contribution >= 4 is 17.6 Å². The average molecular weight is 399 g/mol. The minimum atomic E-state index is -0.655. The van der Waals surface area contributed by atoms with Crippen LogP contribution in [0.2, 0.25) is 0 Å². The van der Waals surface area contributed by atoms with Gasteiger partial charge in [-0.1, -0.05) is 38.2 Å². The lowest BCUT2D eigenvalue weighted by Gasteiger charge is -2.30. The van der Waals surface area contributed by atoms with E-state index in [0.29, 0.717) is 25.1 Å². The summed E-state index contributed by atoms with van der Waals surface area (Å²) in [5, 5.41) is 2.96. The minimum Gasteiger partial charge on any atom is -0.368 e. The van der Waals surface area contributed by atoms with Crippen molar-refractivity contribution < 1.29 is 19.1 Å². The summed E-state index contributed by atoms with van der Waals surface area (Å²) in [4.78, 5) is 42.1. The van der Waals surface area contributed by atoms with Gasteiger partial charge in [-0.25, -0.2) is 0 Å². The van der Waals surface area contributed by atoms with Crippen LogP contribution < -0.4 is 5.32 Å². The van der Waals surface area contributed by atoms with Crippen molar-refractivity contribution in [1.82, 2.24) is 15.1 Å². The standard InChI is InChI=1S/C22H29N3O4/c1-13(2)10-15(22(28)25-9-8-19-20(25)18(26)12-29-19)23-21(27)17-11-14-6-4-5-7-16(14)24(17)3/h4-7,11,13-16,19-20H,8-10,12H2,1-3H3,(H,23,27)/t14?,15-,16?,19+,20+/m0/s1. The molecule has 0 saturated carbocycles. The van der Waals surface area contributed by atoms with Gasteiger partial charge in [0.25, 0.3) is 5.91 Å². The molecule has 7 heteroatoms. The molecule has 2 fully saturated rings. The summed E-state index contributed by atoms with van der Waals surface area (Å²) in [6.07, 6.45) is 11.1. The number of hydrogen-bond acceptors (Lipinski definition) is 5. The van der Waals surface area contributed by atoms with Gasteiger partial charge in [0.05, 0.1) is 17.8 Å².